The molecule has 1 saturated carbocycles. The topological polar surface area (TPSA) is 98.7 Å². The predicted octanol–water partition coefficient (Wildman–Crippen LogP) is -1.17. The Hall–Kier alpha value is -1.14. The van der Waals surface area contributed by atoms with E-state index < -0.39 is 17.4 Å². The van der Waals surface area contributed by atoms with Gasteiger partial charge in [0.05, 0.1) is 18.6 Å². The van der Waals surface area contributed by atoms with E-state index in [9.17, 15) is 9.59 Å². The molecule has 2 aliphatic rings. The van der Waals surface area contributed by atoms with Gasteiger partial charge in [-0.1, -0.05) is 6.42 Å². The molecule has 1 aliphatic heterocycles. The lowest BCUT2D eigenvalue weighted by Gasteiger charge is -2.45. The standard InChI is InChI=1S/C11H19N3O3/c12-7-11(2-1-3-11)10(16)14-4-5-17-6-8(14)9(13)15/h8H,1-7,12H2,(H2,13,15). The zero-order valence-electron chi connectivity index (χ0n) is 9.85. The maximum atomic E-state index is 12.4. The highest BCUT2D eigenvalue weighted by Gasteiger charge is 2.47. The predicted molar refractivity (Wildman–Crippen MR) is 60.9 cm³/mol. The van der Waals surface area contributed by atoms with Gasteiger partial charge in [0, 0.05) is 13.1 Å². The van der Waals surface area contributed by atoms with Crippen molar-refractivity contribution in [2.24, 2.45) is 16.9 Å². The first kappa shape index (κ1) is 12.3. The number of rotatable bonds is 3. The fourth-order valence-corrected chi connectivity index (χ4v) is 2.50. The van der Waals surface area contributed by atoms with Gasteiger partial charge in [-0.3, -0.25) is 9.59 Å². The molecule has 4 N–H and O–H groups in total. The molecule has 1 saturated heterocycles. The third-order valence-corrected chi connectivity index (χ3v) is 3.87. The van der Waals surface area contributed by atoms with E-state index in [0.717, 1.165) is 19.3 Å². The van der Waals surface area contributed by atoms with Crippen LogP contribution in [0.4, 0.5) is 0 Å². The van der Waals surface area contributed by atoms with E-state index in [-0.39, 0.29) is 12.5 Å². The van der Waals surface area contributed by atoms with Crippen molar-refractivity contribution in [3.05, 3.63) is 0 Å². The molecular formula is C11H19N3O3. The van der Waals surface area contributed by atoms with Crippen molar-refractivity contribution in [2.45, 2.75) is 25.3 Å². The summed E-state index contributed by atoms with van der Waals surface area (Å²) in [6, 6.07) is -0.639. The van der Waals surface area contributed by atoms with Gasteiger partial charge in [0.1, 0.15) is 6.04 Å². The molecule has 0 spiro atoms. The van der Waals surface area contributed by atoms with Gasteiger partial charge in [0.15, 0.2) is 0 Å². The zero-order valence-corrected chi connectivity index (χ0v) is 9.85. The summed E-state index contributed by atoms with van der Waals surface area (Å²) in [7, 11) is 0. The number of hydrogen-bond acceptors (Lipinski definition) is 4. The summed E-state index contributed by atoms with van der Waals surface area (Å²) in [5.74, 6) is -0.539. The maximum Gasteiger partial charge on any atom is 0.242 e. The van der Waals surface area contributed by atoms with Crippen molar-refractivity contribution in [2.75, 3.05) is 26.3 Å². The van der Waals surface area contributed by atoms with Gasteiger partial charge < -0.3 is 21.1 Å². The van der Waals surface area contributed by atoms with E-state index in [1.807, 2.05) is 0 Å². The van der Waals surface area contributed by atoms with Gasteiger partial charge in [-0.25, -0.2) is 0 Å². The van der Waals surface area contributed by atoms with Crippen LogP contribution in [-0.2, 0) is 14.3 Å². The van der Waals surface area contributed by atoms with E-state index >= 15 is 0 Å². The molecule has 0 aromatic carbocycles. The van der Waals surface area contributed by atoms with Gasteiger partial charge >= 0.3 is 0 Å². The van der Waals surface area contributed by atoms with E-state index in [2.05, 4.69) is 0 Å². The van der Waals surface area contributed by atoms with E-state index in [1.54, 1.807) is 4.90 Å². The Morgan fingerprint density at radius 1 is 1.41 bits per heavy atom. The third-order valence-electron chi connectivity index (χ3n) is 3.87. The number of amides is 2. The molecule has 1 unspecified atom stereocenters. The fraction of sp³-hybridized carbons (Fsp3) is 0.818. The number of nitrogens with two attached hydrogens (primary N) is 2. The summed E-state index contributed by atoms with van der Waals surface area (Å²) < 4.78 is 5.20. The monoisotopic (exact) mass is 241 g/mol. The van der Waals surface area contributed by atoms with Crippen LogP contribution in [0.3, 0.4) is 0 Å². The molecule has 0 aromatic rings. The van der Waals surface area contributed by atoms with Crippen LogP contribution in [0.5, 0.6) is 0 Å². The zero-order chi connectivity index (χ0) is 12.5. The first-order chi connectivity index (χ1) is 8.10. The molecule has 6 nitrogen and oxygen atoms in total. The minimum Gasteiger partial charge on any atom is -0.377 e. The summed E-state index contributed by atoms with van der Waals surface area (Å²) in [6.45, 7) is 1.42. The minimum absolute atomic E-state index is 0.0293. The summed E-state index contributed by atoms with van der Waals surface area (Å²) in [6.07, 6.45) is 2.64. The third kappa shape index (κ3) is 2.02. The van der Waals surface area contributed by atoms with Gasteiger partial charge in [-0.2, -0.15) is 0 Å². The Morgan fingerprint density at radius 3 is 2.59 bits per heavy atom. The molecule has 1 aliphatic carbocycles. The summed E-state index contributed by atoms with van der Waals surface area (Å²) in [4.78, 5) is 25.3. The smallest absolute Gasteiger partial charge is 0.242 e. The minimum atomic E-state index is -0.639. The van der Waals surface area contributed by atoms with Crippen molar-refractivity contribution in [3.63, 3.8) is 0 Å². The summed E-state index contributed by atoms with van der Waals surface area (Å²) >= 11 is 0. The molecule has 6 heteroatoms. The Bertz CT molecular complexity index is 322. The number of hydrogen-bond donors (Lipinski definition) is 2. The number of carbonyl (C=O) groups excluding carboxylic acids is 2. The Balaban J connectivity index is 2.13. The summed E-state index contributed by atoms with van der Waals surface area (Å²) in [5.41, 5.74) is 10.5. The molecule has 2 amide bonds. The normalized spacial score (nSPS) is 27.4. The molecular weight excluding hydrogens is 222 g/mol. The first-order valence-electron chi connectivity index (χ1n) is 5.99. The molecule has 1 atom stereocenters. The SMILES string of the molecule is NCC1(C(=O)N2CCOCC2C(N)=O)CCC1. The Labute approximate surface area is 100 Å². The van der Waals surface area contributed by atoms with Crippen LogP contribution < -0.4 is 11.5 Å². The number of primary amides is 1. The van der Waals surface area contributed by atoms with Crippen LogP contribution in [0.2, 0.25) is 0 Å². The van der Waals surface area contributed by atoms with Crippen molar-refractivity contribution in [3.8, 4) is 0 Å². The number of nitrogens with zero attached hydrogens (tertiary/aromatic N) is 1. The first-order valence-corrected chi connectivity index (χ1v) is 5.99. The van der Waals surface area contributed by atoms with Gasteiger partial charge in [-0.15, -0.1) is 0 Å². The highest BCUT2D eigenvalue weighted by atomic mass is 16.5. The van der Waals surface area contributed by atoms with Crippen molar-refractivity contribution in [1.29, 1.82) is 0 Å². The van der Waals surface area contributed by atoms with Crippen LogP contribution in [0.15, 0.2) is 0 Å². The molecule has 0 radical (unpaired) electrons. The van der Waals surface area contributed by atoms with E-state index in [1.165, 1.54) is 0 Å². The van der Waals surface area contributed by atoms with E-state index in [0.29, 0.717) is 19.7 Å². The number of morpholine rings is 1. The van der Waals surface area contributed by atoms with Crippen LogP contribution >= 0.6 is 0 Å². The largest absolute Gasteiger partial charge is 0.377 e. The highest BCUT2D eigenvalue weighted by Crippen LogP contribution is 2.42. The van der Waals surface area contributed by atoms with Gasteiger partial charge in [0.25, 0.3) is 0 Å². The highest BCUT2D eigenvalue weighted by molar-refractivity contribution is 5.90. The van der Waals surface area contributed by atoms with Crippen LogP contribution in [0, 0.1) is 5.41 Å². The average Bonchev–Trinajstić information content (AvgIpc) is 2.28. The molecule has 96 valence electrons. The second-order valence-electron chi connectivity index (χ2n) is 4.83. The van der Waals surface area contributed by atoms with Crippen LogP contribution in [-0.4, -0.2) is 49.1 Å². The van der Waals surface area contributed by atoms with Crippen molar-refractivity contribution in [1.82, 2.24) is 4.90 Å². The second kappa shape index (κ2) is 4.62. The lowest BCUT2D eigenvalue weighted by molar-refractivity contribution is -0.159. The Morgan fingerprint density at radius 2 is 2.12 bits per heavy atom. The summed E-state index contributed by atoms with van der Waals surface area (Å²) in [5, 5.41) is 0. The maximum absolute atomic E-state index is 12.4. The average molecular weight is 241 g/mol. The lowest BCUT2D eigenvalue weighted by atomic mass is 9.67. The van der Waals surface area contributed by atoms with Gasteiger partial charge in [-0.05, 0) is 12.8 Å². The fourth-order valence-electron chi connectivity index (χ4n) is 2.50. The second-order valence-corrected chi connectivity index (χ2v) is 4.83. The molecule has 17 heavy (non-hydrogen) atoms. The quantitative estimate of drug-likeness (QED) is 0.650. The van der Waals surface area contributed by atoms with Gasteiger partial charge in [0.2, 0.25) is 11.8 Å². The van der Waals surface area contributed by atoms with E-state index in [4.69, 9.17) is 16.2 Å². The number of ether oxygens (including phenoxy) is 1. The van der Waals surface area contributed by atoms with Crippen molar-refractivity contribution < 1.29 is 14.3 Å². The molecule has 0 bridgehead atoms. The number of carbonyl (C=O) groups is 2. The van der Waals surface area contributed by atoms with Crippen LogP contribution in [0.25, 0.3) is 0 Å². The molecule has 0 aromatic heterocycles. The lowest BCUT2D eigenvalue weighted by Crippen LogP contribution is -2.61. The van der Waals surface area contributed by atoms with Crippen LogP contribution in [0.1, 0.15) is 19.3 Å². The van der Waals surface area contributed by atoms with Crippen molar-refractivity contribution >= 4 is 11.8 Å². The Kier molecular flexibility index (Phi) is 3.35. The molecule has 2 rings (SSSR count). The molecule has 2 fully saturated rings. The molecule has 1 heterocycles.